The maximum Gasteiger partial charge on any atom is 0.255 e. The third kappa shape index (κ3) is 6.61. The van der Waals surface area contributed by atoms with Gasteiger partial charge >= 0.3 is 0 Å². The highest BCUT2D eigenvalue weighted by atomic mass is 16.5. The first-order valence-electron chi connectivity index (χ1n) is 12.0. The van der Waals surface area contributed by atoms with Gasteiger partial charge in [0.25, 0.3) is 5.91 Å². The number of carbonyl (C=O) groups is 1. The molecular weight excluding hydrogens is 404 g/mol. The van der Waals surface area contributed by atoms with Crippen LogP contribution in [0.3, 0.4) is 0 Å². The molecule has 1 aromatic rings. The van der Waals surface area contributed by atoms with Gasteiger partial charge in [-0.05, 0) is 55.1 Å². The fourth-order valence-corrected chi connectivity index (χ4v) is 5.86. The van der Waals surface area contributed by atoms with Crippen LogP contribution in [0, 0.1) is 10.8 Å². The van der Waals surface area contributed by atoms with Gasteiger partial charge < -0.3 is 24.4 Å². The summed E-state index contributed by atoms with van der Waals surface area (Å²) in [5.41, 5.74) is 1.33. The molecule has 32 heavy (non-hydrogen) atoms. The van der Waals surface area contributed by atoms with Gasteiger partial charge in [0.1, 0.15) is 17.6 Å². The normalized spacial score (nSPS) is 21.8. The third-order valence-corrected chi connectivity index (χ3v) is 6.85. The van der Waals surface area contributed by atoms with E-state index in [0.717, 1.165) is 25.9 Å². The van der Waals surface area contributed by atoms with Crippen molar-refractivity contribution in [2.24, 2.45) is 10.8 Å². The summed E-state index contributed by atoms with van der Waals surface area (Å²) >= 11 is 0. The van der Waals surface area contributed by atoms with Gasteiger partial charge in [-0.2, -0.15) is 0 Å². The molecule has 1 saturated heterocycles. The van der Waals surface area contributed by atoms with E-state index in [0.29, 0.717) is 47.1 Å². The zero-order valence-electron chi connectivity index (χ0n) is 20.8. The number of methoxy groups -OCH3 is 2. The standard InChI is InChI=1S/C26H42N2O4/c1-25(2)16-19(17-26(3,4)18-25)28-12-9-20(10-13-28)32-23-15-21(31-6)7-8-22(23)24(29)27-11-14-30-5/h7-8,15,19-20H,9-14,16-18H2,1-6H3,(H,27,29). The predicted molar refractivity (Wildman–Crippen MR) is 128 cm³/mol. The van der Waals surface area contributed by atoms with E-state index in [4.69, 9.17) is 14.2 Å². The van der Waals surface area contributed by atoms with Crippen LogP contribution < -0.4 is 14.8 Å². The predicted octanol–water partition coefficient (Wildman–Crippen LogP) is 4.52. The lowest BCUT2D eigenvalue weighted by Gasteiger charge is -2.50. The Morgan fingerprint density at radius 2 is 1.75 bits per heavy atom. The van der Waals surface area contributed by atoms with E-state index in [1.165, 1.54) is 19.3 Å². The van der Waals surface area contributed by atoms with Crippen LogP contribution in [-0.4, -0.2) is 63.4 Å². The second-order valence-electron chi connectivity index (χ2n) is 11.0. The van der Waals surface area contributed by atoms with Crippen molar-refractivity contribution >= 4 is 5.91 Å². The van der Waals surface area contributed by atoms with Crippen molar-refractivity contribution in [2.45, 2.75) is 71.9 Å². The minimum atomic E-state index is -0.149. The van der Waals surface area contributed by atoms with Gasteiger partial charge in [-0.1, -0.05) is 27.7 Å². The molecule has 6 heteroatoms. The highest BCUT2D eigenvalue weighted by molar-refractivity contribution is 5.97. The quantitative estimate of drug-likeness (QED) is 0.595. The van der Waals surface area contributed by atoms with Gasteiger partial charge in [-0.15, -0.1) is 0 Å². The Bertz CT molecular complexity index is 753. The number of likely N-dealkylation sites (tertiary alicyclic amines) is 1. The van der Waals surface area contributed by atoms with Crippen molar-refractivity contribution in [1.29, 1.82) is 0 Å². The van der Waals surface area contributed by atoms with Crippen LogP contribution in [0.4, 0.5) is 0 Å². The van der Waals surface area contributed by atoms with Crippen LogP contribution in [0.2, 0.25) is 0 Å². The molecule has 0 aromatic heterocycles. The summed E-state index contributed by atoms with van der Waals surface area (Å²) in [4.78, 5) is 15.3. The Labute approximate surface area is 194 Å². The number of hydrogen-bond donors (Lipinski definition) is 1. The summed E-state index contributed by atoms with van der Waals surface area (Å²) in [5.74, 6) is 1.14. The van der Waals surface area contributed by atoms with Gasteiger partial charge in [0.15, 0.2) is 0 Å². The highest BCUT2D eigenvalue weighted by Gasteiger charge is 2.41. The lowest BCUT2D eigenvalue weighted by Crippen LogP contribution is -2.50. The summed E-state index contributed by atoms with van der Waals surface area (Å²) < 4.78 is 16.8. The number of ether oxygens (including phenoxy) is 3. The Morgan fingerprint density at radius 1 is 1.09 bits per heavy atom. The van der Waals surface area contributed by atoms with Crippen LogP contribution in [0.25, 0.3) is 0 Å². The molecule has 0 unspecified atom stereocenters. The van der Waals surface area contributed by atoms with Crippen molar-refractivity contribution in [2.75, 3.05) is 40.5 Å². The first kappa shape index (κ1) is 24.8. The average Bonchev–Trinajstić information content (AvgIpc) is 2.72. The molecule has 1 amide bonds. The van der Waals surface area contributed by atoms with Crippen molar-refractivity contribution in [3.63, 3.8) is 0 Å². The number of nitrogens with zero attached hydrogens (tertiary/aromatic N) is 1. The summed E-state index contributed by atoms with van der Waals surface area (Å²) in [6.45, 7) is 12.7. The zero-order chi connectivity index (χ0) is 23.4. The highest BCUT2D eigenvalue weighted by Crippen LogP contribution is 2.47. The van der Waals surface area contributed by atoms with Gasteiger partial charge in [-0.3, -0.25) is 4.79 Å². The Kier molecular flexibility index (Phi) is 8.10. The van der Waals surface area contributed by atoms with E-state index in [1.807, 2.05) is 6.07 Å². The minimum absolute atomic E-state index is 0.105. The maximum atomic E-state index is 12.7. The molecule has 1 aliphatic carbocycles. The Hall–Kier alpha value is -1.79. The molecule has 1 aliphatic heterocycles. The summed E-state index contributed by atoms with van der Waals surface area (Å²) in [6, 6.07) is 6.04. The lowest BCUT2D eigenvalue weighted by molar-refractivity contribution is -0.00116. The van der Waals surface area contributed by atoms with Gasteiger partial charge in [0, 0.05) is 38.9 Å². The third-order valence-electron chi connectivity index (χ3n) is 6.85. The van der Waals surface area contributed by atoms with Gasteiger partial charge in [0.2, 0.25) is 0 Å². The molecule has 0 spiro atoms. The van der Waals surface area contributed by atoms with Crippen LogP contribution in [0.1, 0.15) is 70.2 Å². The van der Waals surface area contributed by atoms with Crippen LogP contribution in [0.15, 0.2) is 18.2 Å². The summed E-state index contributed by atoms with van der Waals surface area (Å²) in [5, 5.41) is 2.89. The molecule has 6 nitrogen and oxygen atoms in total. The zero-order valence-corrected chi connectivity index (χ0v) is 20.8. The molecule has 1 aromatic carbocycles. The molecule has 2 fully saturated rings. The van der Waals surface area contributed by atoms with E-state index in [-0.39, 0.29) is 12.0 Å². The van der Waals surface area contributed by atoms with E-state index >= 15 is 0 Å². The number of hydrogen-bond acceptors (Lipinski definition) is 5. The molecular formula is C26H42N2O4. The number of rotatable bonds is 8. The fourth-order valence-electron chi connectivity index (χ4n) is 5.86. The SMILES string of the molecule is COCCNC(=O)c1ccc(OC)cc1OC1CCN(C2CC(C)(C)CC(C)(C)C2)CC1. The molecule has 3 rings (SSSR count). The molecule has 0 bridgehead atoms. The van der Waals surface area contributed by atoms with Gasteiger partial charge in [-0.25, -0.2) is 0 Å². The minimum Gasteiger partial charge on any atom is -0.497 e. The number of piperidine rings is 1. The Morgan fingerprint density at radius 3 is 2.34 bits per heavy atom. The van der Waals surface area contributed by atoms with Crippen molar-refractivity contribution in [1.82, 2.24) is 10.2 Å². The fraction of sp³-hybridized carbons (Fsp3) is 0.731. The number of nitrogens with one attached hydrogen (secondary N) is 1. The number of carbonyl (C=O) groups excluding carboxylic acids is 1. The maximum absolute atomic E-state index is 12.7. The molecule has 1 heterocycles. The lowest BCUT2D eigenvalue weighted by atomic mass is 9.63. The van der Waals surface area contributed by atoms with Crippen LogP contribution in [-0.2, 0) is 4.74 Å². The second-order valence-corrected chi connectivity index (χ2v) is 11.0. The molecule has 0 radical (unpaired) electrons. The van der Waals surface area contributed by atoms with E-state index in [1.54, 1.807) is 26.4 Å². The van der Waals surface area contributed by atoms with Crippen LogP contribution >= 0.6 is 0 Å². The van der Waals surface area contributed by atoms with Crippen molar-refractivity contribution in [3.05, 3.63) is 23.8 Å². The van der Waals surface area contributed by atoms with E-state index < -0.39 is 0 Å². The topological polar surface area (TPSA) is 60.0 Å². The van der Waals surface area contributed by atoms with E-state index in [9.17, 15) is 4.79 Å². The number of benzene rings is 1. The molecule has 180 valence electrons. The average molecular weight is 447 g/mol. The number of amides is 1. The first-order valence-corrected chi connectivity index (χ1v) is 12.0. The Balaban J connectivity index is 1.62. The monoisotopic (exact) mass is 446 g/mol. The molecule has 0 atom stereocenters. The van der Waals surface area contributed by atoms with E-state index in [2.05, 4.69) is 37.9 Å². The summed E-state index contributed by atoms with van der Waals surface area (Å²) in [7, 11) is 3.25. The molecule has 1 N–H and O–H groups in total. The largest absolute Gasteiger partial charge is 0.497 e. The van der Waals surface area contributed by atoms with Crippen LogP contribution in [0.5, 0.6) is 11.5 Å². The molecule has 2 aliphatic rings. The summed E-state index contributed by atoms with van der Waals surface area (Å²) in [6.07, 6.45) is 5.88. The smallest absolute Gasteiger partial charge is 0.255 e. The van der Waals surface area contributed by atoms with Gasteiger partial charge in [0.05, 0.1) is 19.3 Å². The second kappa shape index (κ2) is 10.4. The van der Waals surface area contributed by atoms with Crippen molar-refractivity contribution < 1.29 is 19.0 Å². The molecule has 1 saturated carbocycles. The van der Waals surface area contributed by atoms with Crippen molar-refractivity contribution in [3.8, 4) is 11.5 Å². The first-order chi connectivity index (χ1) is 15.1.